The third-order valence-electron chi connectivity index (χ3n) is 4.64. The van der Waals surface area contributed by atoms with Crippen molar-refractivity contribution in [1.82, 2.24) is 14.8 Å². The molecule has 1 unspecified atom stereocenters. The predicted molar refractivity (Wildman–Crippen MR) is 95.3 cm³/mol. The molecule has 0 radical (unpaired) electrons. The summed E-state index contributed by atoms with van der Waals surface area (Å²) >= 11 is 0. The summed E-state index contributed by atoms with van der Waals surface area (Å²) in [6.07, 6.45) is 6.52. The fourth-order valence-electron chi connectivity index (χ4n) is 3.47. The first-order chi connectivity index (χ1) is 12.1. The molecule has 0 bridgehead atoms. The smallest absolute Gasteiger partial charge is 0.237 e. The number of likely N-dealkylation sites (N-methyl/N-ethyl adjacent to an activating group) is 1. The number of rotatable bonds is 5. The van der Waals surface area contributed by atoms with Gasteiger partial charge in [-0.1, -0.05) is 18.2 Å². The van der Waals surface area contributed by atoms with Crippen LogP contribution >= 0.6 is 0 Å². The highest BCUT2D eigenvalue weighted by Crippen LogP contribution is 2.31. The van der Waals surface area contributed by atoms with E-state index >= 15 is 0 Å². The van der Waals surface area contributed by atoms with Crippen LogP contribution in [0.2, 0.25) is 0 Å². The van der Waals surface area contributed by atoms with E-state index in [0.29, 0.717) is 13.1 Å². The van der Waals surface area contributed by atoms with Crippen molar-refractivity contribution in [1.29, 1.82) is 0 Å². The van der Waals surface area contributed by atoms with Crippen molar-refractivity contribution < 1.29 is 9.18 Å². The zero-order valence-corrected chi connectivity index (χ0v) is 14.6. The van der Waals surface area contributed by atoms with Gasteiger partial charge < -0.3 is 4.90 Å². The van der Waals surface area contributed by atoms with Gasteiger partial charge in [0.1, 0.15) is 5.82 Å². The summed E-state index contributed by atoms with van der Waals surface area (Å²) < 4.78 is 13.6. The highest BCUT2D eigenvalue weighted by Gasteiger charge is 2.28. The first kappa shape index (κ1) is 17.5. The zero-order chi connectivity index (χ0) is 17.6. The number of pyridine rings is 1. The van der Waals surface area contributed by atoms with E-state index in [0.717, 1.165) is 36.9 Å². The molecule has 1 atom stereocenters. The third-order valence-corrected chi connectivity index (χ3v) is 4.64. The summed E-state index contributed by atoms with van der Waals surface area (Å²) in [5, 5.41) is 0. The number of hydrogen-bond acceptors (Lipinski definition) is 3. The molecule has 0 spiro atoms. The lowest BCUT2D eigenvalue weighted by Gasteiger charge is -2.37. The molecular weight excluding hydrogens is 317 g/mol. The Kier molecular flexibility index (Phi) is 5.76. The van der Waals surface area contributed by atoms with Crippen LogP contribution in [0.3, 0.4) is 0 Å². The summed E-state index contributed by atoms with van der Waals surface area (Å²) in [5.74, 6) is -0.149. The Morgan fingerprint density at radius 1 is 1.32 bits per heavy atom. The third kappa shape index (κ3) is 4.63. The number of hydrogen-bond donors (Lipinski definition) is 0. The van der Waals surface area contributed by atoms with E-state index in [4.69, 9.17) is 0 Å². The van der Waals surface area contributed by atoms with Crippen molar-refractivity contribution in [3.05, 3.63) is 65.7 Å². The van der Waals surface area contributed by atoms with Crippen molar-refractivity contribution in [3.63, 3.8) is 0 Å². The Bertz CT molecular complexity index is 707. The number of carbonyl (C=O) groups is 1. The normalized spacial score (nSPS) is 17.7. The maximum atomic E-state index is 13.6. The number of piperidine rings is 1. The van der Waals surface area contributed by atoms with Crippen molar-refractivity contribution in [2.75, 3.05) is 20.1 Å². The number of likely N-dealkylation sites (tertiary alicyclic amines) is 1. The van der Waals surface area contributed by atoms with Crippen LogP contribution in [0.15, 0.2) is 48.8 Å². The summed E-state index contributed by atoms with van der Waals surface area (Å²) in [7, 11) is 1.94. The summed E-state index contributed by atoms with van der Waals surface area (Å²) in [6, 6.07) is 10.5. The first-order valence-electron chi connectivity index (χ1n) is 8.76. The molecule has 1 aromatic heterocycles. The van der Waals surface area contributed by atoms with Gasteiger partial charge in [-0.05, 0) is 55.6 Å². The summed E-state index contributed by atoms with van der Waals surface area (Å²) in [5.41, 5.74) is 1.97. The monoisotopic (exact) mass is 341 g/mol. The average molecular weight is 341 g/mol. The molecular formula is C20H24FN3O. The number of carbonyl (C=O) groups excluding carboxylic acids is 1. The highest BCUT2D eigenvalue weighted by atomic mass is 19.1. The predicted octanol–water partition coefficient (Wildman–Crippen LogP) is 3.41. The van der Waals surface area contributed by atoms with Gasteiger partial charge in [-0.15, -0.1) is 0 Å². The zero-order valence-electron chi connectivity index (χ0n) is 14.6. The molecule has 5 heteroatoms. The molecule has 1 saturated heterocycles. The molecule has 3 rings (SSSR count). The van der Waals surface area contributed by atoms with E-state index in [1.807, 2.05) is 41.2 Å². The minimum Gasteiger partial charge on any atom is -0.335 e. The number of aromatic nitrogens is 1. The van der Waals surface area contributed by atoms with Gasteiger partial charge in [0.05, 0.1) is 12.6 Å². The second-order valence-corrected chi connectivity index (χ2v) is 6.69. The van der Waals surface area contributed by atoms with Gasteiger partial charge >= 0.3 is 0 Å². The minimum atomic E-state index is -0.246. The fraction of sp³-hybridized carbons (Fsp3) is 0.400. The van der Waals surface area contributed by atoms with Gasteiger partial charge in [0.25, 0.3) is 0 Å². The van der Waals surface area contributed by atoms with Crippen LogP contribution in [0.5, 0.6) is 0 Å². The van der Waals surface area contributed by atoms with Crippen molar-refractivity contribution >= 4 is 5.91 Å². The average Bonchev–Trinajstić information content (AvgIpc) is 2.62. The van der Waals surface area contributed by atoms with E-state index in [1.54, 1.807) is 18.3 Å². The van der Waals surface area contributed by atoms with Crippen LogP contribution in [0.1, 0.15) is 36.4 Å². The van der Waals surface area contributed by atoms with Gasteiger partial charge in [-0.25, -0.2) is 4.39 Å². The molecule has 1 fully saturated rings. The Labute approximate surface area is 148 Å². The Hall–Kier alpha value is -2.27. The maximum absolute atomic E-state index is 13.6. The van der Waals surface area contributed by atoms with Gasteiger partial charge in [0, 0.05) is 25.5 Å². The Morgan fingerprint density at radius 3 is 2.96 bits per heavy atom. The maximum Gasteiger partial charge on any atom is 0.237 e. The van der Waals surface area contributed by atoms with Gasteiger partial charge in [0.15, 0.2) is 0 Å². The molecule has 4 nitrogen and oxygen atoms in total. The SMILES string of the molecule is CN(CC(=O)N1CCCCC1c1cccc(F)c1)Cc1cccnc1. The second-order valence-electron chi connectivity index (χ2n) is 6.69. The van der Waals surface area contributed by atoms with Crippen LogP contribution in [0, 0.1) is 5.82 Å². The molecule has 1 amide bonds. The van der Waals surface area contributed by atoms with Crippen LogP contribution in [-0.2, 0) is 11.3 Å². The van der Waals surface area contributed by atoms with Gasteiger partial charge in [0.2, 0.25) is 5.91 Å². The Balaban J connectivity index is 1.66. The largest absolute Gasteiger partial charge is 0.335 e. The molecule has 1 aromatic carbocycles. The van der Waals surface area contributed by atoms with E-state index in [9.17, 15) is 9.18 Å². The van der Waals surface area contributed by atoms with E-state index < -0.39 is 0 Å². The van der Waals surface area contributed by atoms with Gasteiger partial charge in [-0.2, -0.15) is 0 Å². The standard InChI is InChI=1S/C20H24FN3O/c1-23(14-16-6-5-10-22-13-16)15-20(25)24-11-3-2-9-19(24)17-7-4-8-18(21)12-17/h4-8,10,12-13,19H,2-3,9,11,14-15H2,1H3. The molecule has 2 heterocycles. The van der Waals surface area contributed by atoms with Gasteiger partial charge in [-0.3, -0.25) is 14.7 Å². The number of amides is 1. The van der Waals surface area contributed by atoms with Crippen molar-refractivity contribution in [3.8, 4) is 0 Å². The molecule has 132 valence electrons. The van der Waals surface area contributed by atoms with Crippen LogP contribution < -0.4 is 0 Å². The summed E-state index contributed by atoms with van der Waals surface area (Å²) in [4.78, 5) is 20.9. The van der Waals surface area contributed by atoms with Crippen molar-refractivity contribution in [2.45, 2.75) is 31.8 Å². The molecule has 0 saturated carbocycles. The molecule has 1 aliphatic heterocycles. The summed E-state index contributed by atoms with van der Waals surface area (Å²) in [6.45, 7) is 1.76. The lowest BCUT2D eigenvalue weighted by Crippen LogP contribution is -2.43. The number of benzene rings is 1. The number of nitrogens with zero attached hydrogens (tertiary/aromatic N) is 3. The number of halogens is 1. The second kappa shape index (κ2) is 8.21. The quantitative estimate of drug-likeness (QED) is 0.836. The first-order valence-corrected chi connectivity index (χ1v) is 8.76. The lowest BCUT2D eigenvalue weighted by atomic mass is 9.95. The van der Waals surface area contributed by atoms with E-state index in [2.05, 4.69) is 4.98 Å². The van der Waals surface area contributed by atoms with E-state index in [-0.39, 0.29) is 17.8 Å². The highest BCUT2D eigenvalue weighted by molar-refractivity contribution is 5.79. The van der Waals surface area contributed by atoms with Crippen LogP contribution in [0.25, 0.3) is 0 Å². The van der Waals surface area contributed by atoms with Crippen LogP contribution in [0.4, 0.5) is 4.39 Å². The topological polar surface area (TPSA) is 36.4 Å². The lowest BCUT2D eigenvalue weighted by molar-refractivity contribution is -0.136. The molecule has 0 N–H and O–H groups in total. The van der Waals surface area contributed by atoms with Crippen LogP contribution in [-0.4, -0.2) is 40.8 Å². The molecule has 2 aromatic rings. The molecule has 0 aliphatic carbocycles. The molecule has 1 aliphatic rings. The van der Waals surface area contributed by atoms with Crippen molar-refractivity contribution in [2.24, 2.45) is 0 Å². The Morgan fingerprint density at radius 2 is 2.20 bits per heavy atom. The fourth-order valence-corrected chi connectivity index (χ4v) is 3.47. The molecule has 25 heavy (non-hydrogen) atoms. The van der Waals surface area contributed by atoms with E-state index in [1.165, 1.54) is 6.07 Å². The minimum absolute atomic E-state index is 0.0243.